The summed E-state index contributed by atoms with van der Waals surface area (Å²) in [6.07, 6.45) is 2.53. The van der Waals surface area contributed by atoms with Crippen LogP contribution in [0, 0.1) is 5.92 Å². The lowest BCUT2D eigenvalue weighted by Crippen LogP contribution is -2.48. The van der Waals surface area contributed by atoms with Crippen molar-refractivity contribution in [3.05, 3.63) is 12.7 Å². The molecular formula is C12H18N4O4. The first-order valence-electron chi connectivity index (χ1n) is 6.71. The maximum absolute atomic E-state index is 12.4. The van der Waals surface area contributed by atoms with Crippen molar-refractivity contribution >= 4 is 5.91 Å². The number of nitrogens with one attached hydrogen (secondary N) is 1. The van der Waals surface area contributed by atoms with Crippen LogP contribution >= 0.6 is 0 Å². The SMILES string of the molecule is O=C(N[C@H]1C[C@@H](CO)[C@H](O)[C@@H]1O)C1(n2cncn2)CC1. The van der Waals surface area contributed by atoms with E-state index < -0.39 is 29.7 Å². The molecule has 0 saturated heterocycles. The van der Waals surface area contributed by atoms with Gasteiger partial charge in [0.1, 0.15) is 24.3 Å². The largest absolute Gasteiger partial charge is 0.396 e. The molecule has 20 heavy (non-hydrogen) atoms. The lowest BCUT2D eigenvalue weighted by atomic mass is 10.1. The van der Waals surface area contributed by atoms with Crippen molar-refractivity contribution in [3.8, 4) is 0 Å². The van der Waals surface area contributed by atoms with Crippen LogP contribution in [0.25, 0.3) is 0 Å². The molecule has 2 aliphatic rings. The highest BCUT2D eigenvalue weighted by atomic mass is 16.3. The topological polar surface area (TPSA) is 120 Å². The standard InChI is InChI=1S/C12H18N4O4/c17-4-7-3-8(10(19)9(7)18)15-11(20)12(1-2-12)16-6-13-5-14-16/h5-10,17-19H,1-4H2,(H,15,20)/t7-,8-,9-,10+/m0/s1. The summed E-state index contributed by atoms with van der Waals surface area (Å²) in [4.78, 5) is 16.2. The third-order valence-corrected chi connectivity index (χ3v) is 4.36. The van der Waals surface area contributed by atoms with Crippen molar-refractivity contribution in [2.75, 3.05) is 6.61 Å². The molecule has 4 N–H and O–H groups in total. The van der Waals surface area contributed by atoms with Gasteiger partial charge in [-0.1, -0.05) is 0 Å². The van der Waals surface area contributed by atoms with E-state index in [2.05, 4.69) is 15.4 Å². The Kier molecular flexibility index (Phi) is 3.23. The molecule has 0 unspecified atom stereocenters. The molecule has 8 heteroatoms. The number of aromatic nitrogens is 3. The first kappa shape index (κ1) is 13.5. The molecule has 2 saturated carbocycles. The molecule has 0 spiro atoms. The second kappa shape index (κ2) is 4.80. The Morgan fingerprint density at radius 1 is 1.40 bits per heavy atom. The fourth-order valence-electron chi connectivity index (χ4n) is 2.86. The van der Waals surface area contributed by atoms with Gasteiger partial charge in [-0.25, -0.2) is 9.67 Å². The van der Waals surface area contributed by atoms with E-state index >= 15 is 0 Å². The lowest BCUT2D eigenvalue weighted by Gasteiger charge is -2.22. The minimum atomic E-state index is -1.05. The summed E-state index contributed by atoms with van der Waals surface area (Å²) >= 11 is 0. The number of aliphatic hydroxyl groups is 3. The van der Waals surface area contributed by atoms with Gasteiger partial charge in [0.15, 0.2) is 0 Å². The molecule has 2 fully saturated rings. The highest BCUT2D eigenvalue weighted by molar-refractivity contribution is 5.87. The first-order chi connectivity index (χ1) is 9.58. The van der Waals surface area contributed by atoms with Crippen LogP contribution in [0.2, 0.25) is 0 Å². The highest BCUT2D eigenvalue weighted by Crippen LogP contribution is 2.43. The van der Waals surface area contributed by atoms with E-state index in [4.69, 9.17) is 5.11 Å². The molecule has 1 amide bonds. The summed E-state index contributed by atoms with van der Waals surface area (Å²) in [6.45, 7) is -0.210. The Balaban J connectivity index is 1.68. The predicted molar refractivity (Wildman–Crippen MR) is 66.4 cm³/mol. The van der Waals surface area contributed by atoms with Crippen molar-refractivity contribution in [1.82, 2.24) is 20.1 Å². The number of hydrogen-bond acceptors (Lipinski definition) is 6. The van der Waals surface area contributed by atoms with E-state index in [1.54, 1.807) is 0 Å². The average molecular weight is 282 g/mol. The van der Waals surface area contributed by atoms with Gasteiger partial charge in [-0.05, 0) is 19.3 Å². The van der Waals surface area contributed by atoms with Crippen LogP contribution in [-0.2, 0) is 10.3 Å². The van der Waals surface area contributed by atoms with Crippen molar-refractivity contribution in [1.29, 1.82) is 0 Å². The Hall–Kier alpha value is -1.51. The van der Waals surface area contributed by atoms with Crippen LogP contribution in [0.15, 0.2) is 12.7 Å². The lowest BCUT2D eigenvalue weighted by molar-refractivity contribution is -0.127. The van der Waals surface area contributed by atoms with Crippen molar-refractivity contribution in [2.45, 2.75) is 43.1 Å². The molecule has 110 valence electrons. The number of aliphatic hydroxyl groups excluding tert-OH is 3. The molecule has 1 aromatic heterocycles. The summed E-state index contributed by atoms with van der Waals surface area (Å²) in [5.41, 5.74) is -0.710. The number of carbonyl (C=O) groups excluding carboxylic acids is 1. The molecular weight excluding hydrogens is 264 g/mol. The minimum Gasteiger partial charge on any atom is -0.396 e. The van der Waals surface area contributed by atoms with Gasteiger partial charge in [-0.15, -0.1) is 0 Å². The van der Waals surface area contributed by atoms with Crippen LogP contribution in [0.5, 0.6) is 0 Å². The summed E-state index contributed by atoms with van der Waals surface area (Å²) in [5, 5.41) is 35.6. The van der Waals surface area contributed by atoms with E-state index in [0.29, 0.717) is 19.3 Å². The fourth-order valence-corrected chi connectivity index (χ4v) is 2.86. The number of amides is 1. The predicted octanol–water partition coefficient (Wildman–Crippen LogP) is -2.01. The van der Waals surface area contributed by atoms with Gasteiger partial charge in [0.25, 0.3) is 0 Å². The van der Waals surface area contributed by atoms with E-state index in [0.717, 1.165) is 0 Å². The molecule has 0 aliphatic heterocycles. The van der Waals surface area contributed by atoms with Gasteiger partial charge < -0.3 is 20.6 Å². The van der Waals surface area contributed by atoms with Gasteiger partial charge in [0, 0.05) is 12.5 Å². The Morgan fingerprint density at radius 3 is 2.65 bits per heavy atom. The number of hydrogen-bond donors (Lipinski definition) is 4. The van der Waals surface area contributed by atoms with Crippen LogP contribution in [-0.4, -0.2) is 60.8 Å². The molecule has 8 nitrogen and oxygen atoms in total. The molecule has 1 heterocycles. The third-order valence-electron chi connectivity index (χ3n) is 4.36. The Labute approximate surface area is 115 Å². The maximum Gasteiger partial charge on any atom is 0.248 e. The zero-order chi connectivity index (χ0) is 14.3. The zero-order valence-corrected chi connectivity index (χ0v) is 10.9. The Morgan fingerprint density at radius 2 is 2.15 bits per heavy atom. The minimum absolute atomic E-state index is 0.210. The van der Waals surface area contributed by atoms with Gasteiger partial charge >= 0.3 is 0 Å². The molecule has 3 rings (SSSR count). The number of carbonyl (C=O) groups is 1. The summed E-state index contributed by atoms with van der Waals surface area (Å²) in [6, 6.07) is -0.546. The van der Waals surface area contributed by atoms with Crippen molar-refractivity contribution < 1.29 is 20.1 Å². The van der Waals surface area contributed by atoms with E-state index in [9.17, 15) is 15.0 Å². The van der Waals surface area contributed by atoms with Gasteiger partial charge in [0.05, 0.1) is 12.1 Å². The Bertz CT molecular complexity index is 488. The van der Waals surface area contributed by atoms with Crippen molar-refractivity contribution in [3.63, 3.8) is 0 Å². The second-order valence-corrected chi connectivity index (χ2v) is 5.61. The van der Waals surface area contributed by atoms with Crippen LogP contribution in [0.1, 0.15) is 19.3 Å². The molecule has 0 radical (unpaired) electrons. The zero-order valence-electron chi connectivity index (χ0n) is 10.9. The summed E-state index contributed by atoms with van der Waals surface area (Å²) < 4.78 is 1.53. The summed E-state index contributed by atoms with van der Waals surface area (Å²) in [5.74, 6) is -0.630. The molecule has 0 aromatic carbocycles. The second-order valence-electron chi connectivity index (χ2n) is 5.61. The van der Waals surface area contributed by atoms with E-state index in [-0.39, 0.29) is 12.5 Å². The van der Waals surface area contributed by atoms with Gasteiger partial charge in [0.2, 0.25) is 5.91 Å². The summed E-state index contributed by atoms with van der Waals surface area (Å²) in [7, 11) is 0. The third kappa shape index (κ3) is 2.00. The smallest absolute Gasteiger partial charge is 0.248 e. The number of nitrogens with zero attached hydrogens (tertiary/aromatic N) is 3. The van der Waals surface area contributed by atoms with Crippen LogP contribution in [0.3, 0.4) is 0 Å². The van der Waals surface area contributed by atoms with E-state index in [1.807, 2.05) is 0 Å². The fraction of sp³-hybridized carbons (Fsp3) is 0.750. The van der Waals surface area contributed by atoms with Crippen LogP contribution in [0.4, 0.5) is 0 Å². The van der Waals surface area contributed by atoms with Crippen LogP contribution < -0.4 is 5.32 Å². The number of rotatable bonds is 4. The molecule has 1 aromatic rings. The van der Waals surface area contributed by atoms with E-state index in [1.165, 1.54) is 17.3 Å². The maximum atomic E-state index is 12.4. The van der Waals surface area contributed by atoms with Gasteiger partial charge in [-0.3, -0.25) is 4.79 Å². The van der Waals surface area contributed by atoms with Crippen molar-refractivity contribution in [2.24, 2.45) is 5.92 Å². The highest BCUT2D eigenvalue weighted by Gasteiger charge is 2.54. The molecule has 2 aliphatic carbocycles. The quantitative estimate of drug-likeness (QED) is 0.506. The average Bonchev–Trinajstić information content (AvgIpc) is 2.99. The normalized spacial score (nSPS) is 35.0. The van der Waals surface area contributed by atoms with Gasteiger partial charge in [-0.2, -0.15) is 5.10 Å². The first-order valence-corrected chi connectivity index (χ1v) is 6.71. The monoisotopic (exact) mass is 282 g/mol. The molecule has 0 bridgehead atoms. The molecule has 4 atom stereocenters.